The standard InChI is InChI=1S/C20H23NO3/c1-14-8-9-15-6-4-5-7-18(15)21(14)20(22)13-16-12-17(23-2)10-11-19(16)24-3/h4-7,10-12,14H,8-9,13H2,1-3H3. The number of aryl methyl sites for hydroxylation is 1. The van der Waals surface area contributed by atoms with Gasteiger partial charge in [-0.2, -0.15) is 0 Å². The molecule has 2 aromatic rings. The lowest BCUT2D eigenvalue weighted by molar-refractivity contribution is -0.118. The fourth-order valence-corrected chi connectivity index (χ4v) is 3.34. The molecule has 2 aromatic carbocycles. The molecule has 3 rings (SSSR count). The van der Waals surface area contributed by atoms with E-state index in [1.165, 1.54) is 5.56 Å². The molecule has 1 unspecified atom stereocenters. The van der Waals surface area contributed by atoms with Gasteiger partial charge in [-0.05, 0) is 49.6 Å². The Balaban J connectivity index is 1.90. The van der Waals surface area contributed by atoms with Crippen molar-refractivity contribution in [3.8, 4) is 11.5 Å². The minimum absolute atomic E-state index is 0.0844. The molecule has 0 saturated carbocycles. The molecule has 1 amide bonds. The summed E-state index contributed by atoms with van der Waals surface area (Å²) in [7, 11) is 3.24. The highest BCUT2D eigenvalue weighted by atomic mass is 16.5. The van der Waals surface area contributed by atoms with Crippen LogP contribution in [-0.2, 0) is 17.6 Å². The van der Waals surface area contributed by atoms with Crippen molar-refractivity contribution in [2.75, 3.05) is 19.1 Å². The number of para-hydroxylation sites is 1. The van der Waals surface area contributed by atoms with Crippen molar-refractivity contribution >= 4 is 11.6 Å². The number of rotatable bonds is 4. The second-order valence-corrected chi connectivity index (χ2v) is 6.13. The number of nitrogens with zero attached hydrogens (tertiary/aromatic N) is 1. The predicted molar refractivity (Wildman–Crippen MR) is 95.0 cm³/mol. The lowest BCUT2D eigenvalue weighted by atomic mass is 9.95. The molecule has 0 radical (unpaired) electrons. The number of amides is 1. The summed E-state index contributed by atoms with van der Waals surface area (Å²) >= 11 is 0. The monoisotopic (exact) mass is 325 g/mol. The maximum Gasteiger partial charge on any atom is 0.231 e. The normalized spacial score (nSPS) is 16.5. The number of benzene rings is 2. The van der Waals surface area contributed by atoms with Crippen LogP contribution in [0.15, 0.2) is 42.5 Å². The predicted octanol–water partition coefficient (Wildman–Crippen LogP) is 3.61. The summed E-state index contributed by atoms with van der Waals surface area (Å²) in [5.41, 5.74) is 3.11. The van der Waals surface area contributed by atoms with Gasteiger partial charge in [-0.3, -0.25) is 4.79 Å². The third kappa shape index (κ3) is 3.09. The van der Waals surface area contributed by atoms with Crippen LogP contribution in [0.1, 0.15) is 24.5 Å². The number of hydrogen-bond acceptors (Lipinski definition) is 3. The highest BCUT2D eigenvalue weighted by Gasteiger charge is 2.28. The van der Waals surface area contributed by atoms with Gasteiger partial charge in [0.15, 0.2) is 0 Å². The largest absolute Gasteiger partial charge is 0.497 e. The minimum atomic E-state index is 0.0844. The molecule has 24 heavy (non-hydrogen) atoms. The van der Waals surface area contributed by atoms with Crippen LogP contribution in [0.2, 0.25) is 0 Å². The summed E-state index contributed by atoms with van der Waals surface area (Å²) in [6, 6.07) is 13.9. The van der Waals surface area contributed by atoms with Crippen molar-refractivity contribution in [1.82, 2.24) is 0 Å². The van der Waals surface area contributed by atoms with Crippen molar-refractivity contribution in [2.45, 2.75) is 32.2 Å². The molecular formula is C20H23NO3. The van der Waals surface area contributed by atoms with Crippen molar-refractivity contribution in [3.05, 3.63) is 53.6 Å². The third-order valence-corrected chi connectivity index (χ3v) is 4.62. The second-order valence-electron chi connectivity index (χ2n) is 6.13. The van der Waals surface area contributed by atoms with E-state index in [2.05, 4.69) is 13.0 Å². The van der Waals surface area contributed by atoms with Crippen LogP contribution < -0.4 is 14.4 Å². The zero-order chi connectivity index (χ0) is 17.1. The van der Waals surface area contributed by atoms with E-state index < -0.39 is 0 Å². The number of methoxy groups -OCH3 is 2. The first-order valence-electron chi connectivity index (χ1n) is 8.25. The molecule has 0 N–H and O–H groups in total. The quantitative estimate of drug-likeness (QED) is 0.862. The molecule has 0 spiro atoms. The fraction of sp³-hybridized carbons (Fsp3) is 0.350. The Labute approximate surface area is 143 Å². The lowest BCUT2D eigenvalue weighted by Crippen LogP contribution is -2.43. The Bertz CT molecular complexity index is 741. The van der Waals surface area contributed by atoms with Crippen LogP contribution >= 0.6 is 0 Å². The van der Waals surface area contributed by atoms with Gasteiger partial charge in [-0.1, -0.05) is 18.2 Å². The molecule has 0 aliphatic carbocycles. The summed E-state index contributed by atoms with van der Waals surface area (Å²) in [5.74, 6) is 1.52. The van der Waals surface area contributed by atoms with Gasteiger partial charge in [0.05, 0.1) is 20.6 Å². The van der Waals surface area contributed by atoms with Crippen molar-refractivity contribution in [1.29, 1.82) is 0 Å². The number of carbonyl (C=O) groups excluding carboxylic acids is 1. The molecule has 1 aliphatic rings. The summed E-state index contributed by atoms with van der Waals surface area (Å²) < 4.78 is 10.7. The maximum atomic E-state index is 13.0. The van der Waals surface area contributed by atoms with E-state index in [-0.39, 0.29) is 11.9 Å². The topological polar surface area (TPSA) is 38.8 Å². The molecule has 1 aliphatic heterocycles. The van der Waals surface area contributed by atoms with Gasteiger partial charge < -0.3 is 14.4 Å². The number of fused-ring (bicyclic) bond motifs is 1. The molecule has 0 bridgehead atoms. The number of carbonyl (C=O) groups is 1. The Morgan fingerprint density at radius 1 is 1.17 bits per heavy atom. The molecule has 1 heterocycles. The number of hydrogen-bond donors (Lipinski definition) is 0. The zero-order valence-electron chi connectivity index (χ0n) is 14.4. The van der Waals surface area contributed by atoms with Gasteiger partial charge in [-0.15, -0.1) is 0 Å². The molecule has 4 heteroatoms. The Hall–Kier alpha value is -2.49. The van der Waals surface area contributed by atoms with Crippen LogP contribution in [0, 0.1) is 0 Å². The minimum Gasteiger partial charge on any atom is -0.497 e. The maximum absolute atomic E-state index is 13.0. The van der Waals surface area contributed by atoms with Gasteiger partial charge in [0.2, 0.25) is 5.91 Å². The van der Waals surface area contributed by atoms with E-state index in [1.807, 2.05) is 41.3 Å². The summed E-state index contributed by atoms with van der Waals surface area (Å²) in [5, 5.41) is 0. The zero-order valence-corrected chi connectivity index (χ0v) is 14.4. The molecule has 0 fully saturated rings. The van der Waals surface area contributed by atoms with Crippen LogP contribution in [-0.4, -0.2) is 26.2 Å². The van der Waals surface area contributed by atoms with Crippen molar-refractivity contribution in [2.24, 2.45) is 0 Å². The van der Waals surface area contributed by atoms with E-state index in [4.69, 9.17) is 9.47 Å². The van der Waals surface area contributed by atoms with E-state index in [1.54, 1.807) is 14.2 Å². The molecule has 0 aromatic heterocycles. The summed E-state index contributed by atoms with van der Waals surface area (Å²) in [6.07, 6.45) is 2.29. The van der Waals surface area contributed by atoms with Gasteiger partial charge in [-0.25, -0.2) is 0 Å². The lowest BCUT2D eigenvalue weighted by Gasteiger charge is -2.35. The highest BCUT2D eigenvalue weighted by Crippen LogP contribution is 2.32. The molecule has 1 atom stereocenters. The third-order valence-electron chi connectivity index (χ3n) is 4.62. The van der Waals surface area contributed by atoms with Gasteiger partial charge in [0, 0.05) is 17.3 Å². The van der Waals surface area contributed by atoms with Crippen LogP contribution in [0.5, 0.6) is 11.5 Å². The summed E-state index contributed by atoms with van der Waals surface area (Å²) in [6.45, 7) is 2.11. The average Bonchev–Trinajstić information content (AvgIpc) is 2.61. The SMILES string of the molecule is COc1ccc(OC)c(CC(=O)N2c3ccccc3CCC2C)c1. The Kier molecular flexibility index (Phi) is 4.74. The Morgan fingerprint density at radius 3 is 2.71 bits per heavy atom. The van der Waals surface area contributed by atoms with Crippen LogP contribution in [0.25, 0.3) is 0 Å². The fourth-order valence-electron chi connectivity index (χ4n) is 3.34. The smallest absolute Gasteiger partial charge is 0.231 e. The first-order valence-corrected chi connectivity index (χ1v) is 8.25. The highest BCUT2D eigenvalue weighted by molar-refractivity contribution is 5.96. The van der Waals surface area contributed by atoms with Gasteiger partial charge >= 0.3 is 0 Å². The van der Waals surface area contributed by atoms with Crippen molar-refractivity contribution in [3.63, 3.8) is 0 Å². The molecule has 126 valence electrons. The number of anilines is 1. The van der Waals surface area contributed by atoms with Crippen LogP contribution in [0.3, 0.4) is 0 Å². The van der Waals surface area contributed by atoms with E-state index in [9.17, 15) is 4.79 Å². The summed E-state index contributed by atoms with van der Waals surface area (Å²) in [4.78, 5) is 15.0. The Morgan fingerprint density at radius 2 is 1.96 bits per heavy atom. The molecule has 0 saturated heterocycles. The van der Waals surface area contributed by atoms with E-state index in [0.717, 1.165) is 29.8 Å². The number of ether oxygens (including phenoxy) is 2. The average molecular weight is 325 g/mol. The van der Waals surface area contributed by atoms with Crippen LogP contribution in [0.4, 0.5) is 5.69 Å². The van der Waals surface area contributed by atoms with Gasteiger partial charge in [0.1, 0.15) is 11.5 Å². The van der Waals surface area contributed by atoms with Crippen molar-refractivity contribution < 1.29 is 14.3 Å². The second kappa shape index (κ2) is 6.95. The first kappa shape index (κ1) is 16.4. The van der Waals surface area contributed by atoms with E-state index >= 15 is 0 Å². The van der Waals surface area contributed by atoms with Gasteiger partial charge in [0.25, 0.3) is 0 Å². The molecule has 4 nitrogen and oxygen atoms in total. The van der Waals surface area contributed by atoms with E-state index in [0.29, 0.717) is 12.2 Å². The molecular weight excluding hydrogens is 302 g/mol. The first-order chi connectivity index (χ1) is 11.6.